The van der Waals surface area contributed by atoms with Gasteiger partial charge in [0.05, 0.1) is 43.9 Å². The molecule has 2 fully saturated rings. The van der Waals surface area contributed by atoms with Gasteiger partial charge >= 0.3 is 5.97 Å². The number of amides is 1. The van der Waals surface area contributed by atoms with Crippen molar-refractivity contribution in [3.8, 4) is 22.8 Å². The van der Waals surface area contributed by atoms with E-state index in [0.29, 0.717) is 36.3 Å². The fraction of sp³-hybridized carbons (Fsp3) is 0.489. The second-order valence-electron chi connectivity index (χ2n) is 16.5. The second-order valence-corrected chi connectivity index (χ2v) is 16.5. The fourth-order valence-corrected chi connectivity index (χ4v) is 8.50. The minimum absolute atomic E-state index is 0.0105. The molecule has 54 heavy (non-hydrogen) atoms. The molecule has 0 spiro atoms. The highest BCUT2D eigenvalue weighted by atomic mass is 16.5. The number of carbonyl (C=O) groups excluding carboxylic acids is 4. The van der Waals surface area contributed by atoms with Crippen molar-refractivity contribution in [2.45, 2.75) is 97.1 Å². The van der Waals surface area contributed by atoms with Gasteiger partial charge in [-0.25, -0.2) is 4.98 Å². The van der Waals surface area contributed by atoms with Crippen LogP contribution in [-0.2, 0) is 23.9 Å². The lowest BCUT2D eigenvalue weighted by Gasteiger charge is -2.29. The third kappa shape index (κ3) is 8.01. The molecule has 9 nitrogen and oxygen atoms in total. The number of fused-ring (bicyclic) bond motifs is 4. The summed E-state index contributed by atoms with van der Waals surface area (Å²) in [6.07, 6.45) is 13.4. The summed E-state index contributed by atoms with van der Waals surface area (Å²) in [5, 5.41) is 0.785. The van der Waals surface area contributed by atoms with Crippen molar-refractivity contribution in [1.29, 1.82) is 0 Å². The Morgan fingerprint density at radius 2 is 1.83 bits per heavy atom. The summed E-state index contributed by atoms with van der Waals surface area (Å²) in [6, 6.07) is 15.0. The van der Waals surface area contributed by atoms with E-state index in [1.165, 1.54) is 0 Å². The molecule has 1 saturated carbocycles. The summed E-state index contributed by atoms with van der Waals surface area (Å²) in [4.78, 5) is 62.3. The van der Waals surface area contributed by atoms with E-state index in [1.54, 1.807) is 18.9 Å². The van der Waals surface area contributed by atoms with Crippen LogP contribution in [0, 0.1) is 22.7 Å². The molecule has 5 atom stereocenters. The number of benzene rings is 2. The fourth-order valence-electron chi connectivity index (χ4n) is 8.50. The van der Waals surface area contributed by atoms with Gasteiger partial charge in [0.1, 0.15) is 23.4 Å². The zero-order valence-corrected chi connectivity index (χ0v) is 32.0. The van der Waals surface area contributed by atoms with E-state index >= 15 is 0 Å². The Morgan fingerprint density at radius 1 is 1.02 bits per heavy atom. The zero-order valence-electron chi connectivity index (χ0n) is 32.0. The number of methoxy groups -OCH3 is 1. The highest BCUT2D eigenvalue weighted by Crippen LogP contribution is 2.57. The van der Waals surface area contributed by atoms with Crippen LogP contribution in [0.25, 0.3) is 28.2 Å². The molecule has 9 heteroatoms. The van der Waals surface area contributed by atoms with Crippen molar-refractivity contribution in [3.05, 3.63) is 72.3 Å². The molecular formula is C45H52N2O7. The Labute approximate surface area is 318 Å². The van der Waals surface area contributed by atoms with Gasteiger partial charge in [-0.3, -0.25) is 19.2 Å². The SMILES string of the molecule is COc1cc2nc(-c3ccccc3)cc3c2cc1/C=C/CC(C)(C)COC(=O)C[C@H]1CCCCC/C=C\[C@H]2C[C@@]2(C(C)=O)CC(=O)[C@@H]2C[C@H](CN2C1=O)O3. The molecule has 0 radical (unpaired) electrons. The minimum Gasteiger partial charge on any atom is -0.496 e. The summed E-state index contributed by atoms with van der Waals surface area (Å²) in [7, 11) is 1.63. The Balaban J connectivity index is 1.33. The molecule has 7 rings (SSSR count). The van der Waals surface area contributed by atoms with Crippen molar-refractivity contribution < 1.29 is 33.4 Å². The van der Waals surface area contributed by atoms with Crippen LogP contribution >= 0.6 is 0 Å². The summed E-state index contributed by atoms with van der Waals surface area (Å²) in [5.74, 6) is -0.126. The average Bonchev–Trinajstić information content (AvgIpc) is 3.69. The van der Waals surface area contributed by atoms with Gasteiger partial charge in [-0.15, -0.1) is 0 Å². The van der Waals surface area contributed by atoms with Gasteiger partial charge in [0.15, 0.2) is 5.78 Å². The molecule has 0 unspecified atom stereocenters. The van der Waals surface area contributed by atoms with Gasteiger partial charge < -0.3 is 19.1 Å². The van der Waals surface area contributed by atoms with Crippen LogP contribution < -0.4 is 9.47 Å². The summed E-state index contributed by atoms with van der Waals surface area (Å²) in [6.45, 7) is 6.05. The van der Waals surface area contributed by atoms with Crippen LogP contribution in [-0.4, -0.2) is 65.7 Å². The van der Waals surface area contributed by atoms with Gasteiger partial charge in [0.2, 0.25) is 5.91 Å². The van der Waals surface area contributed by atoms with Gasteiger partial charge in [-0.1, -0.05) is 81.3 Å². The standard InChI is InChI=1S/C45H52N2O7/c1-29(48)45-25-33(45)18-12-7-5-6-9-16-32-21-42(50)53-28-44(2,3)19-13-17-31-20-35-37(24-40(31)52-4)46-36(30-14-10-8-11-15-30)23-41(35)54-34-22-38(39(49)26-45)47(27-34)43(32)51/h8,10-15,17-18,20,23-24,32-34,38H,5-7,9,16,19,21-22,25-28H2,1-4H3/b17-13+,18-12-/t32-,33+,34-,38+,45+/m1/s1. The predicted molar refractivity (Wildman–Crippen MR) is 208 cm³/mol. The number of ether oxygens (including phenoxy) is 3. The number of aromatic nitrogens is 1. The number of Topliss-reactive ketones (excluding diaryl/α,β-unsaturated/α-hetero) is 2. The molecular weight excluding hydrogens is 681 g/mol. The van der Waals surface area contributed by atoms with Crippen LogP contribution in [0.5, 0.6) is 11.5 Å². The van der Waals surface area contributed by atoms with E-state index in [-0.39, 0.29) is 61.2 Å². The molecule has 5 bridgehead atoms. The number of carbonyl (C=O) groups is 4. The monoisotopic (exact) mass is 732 g/mol. The number of esters is 1. The molecule has 4 aliphatic rings. The lowest BCUT2D eigenvalue weighted by atomic mass is 9.88. The van der Waals surface area contributed by atoms with Crippen LogP contribution in [0.15, 0.2) is 66.8 Å². The highest BCUT2D eigenvalue weighted by molar-refractivity contribution is 5.97. The highest BCUT2D eigenvalue weighted by Gasteiger charge is 2.58. The van der Waals surface area contributed by atoms with Crippen molar-refractivity contribution in [3.63, 3.8) is 0 Å². The van der Waals surface area contributed by atoms with Gasteiger partial charge in [-0.2, -0.15) is 0 Å². The third-order valence-electron chi connectivity index (χ3n) is 11.9. The van der Waals surface area contributed by atoms with Gasteiger partial charge in [-0.05, 0) is 51.0 Å². The molecule has 3 aliphatic heterocycles. The topological polar surface area (TPSA) is 112 Å². The maximum Gasteiger partial charge on any atom is 0.306 e. The van der Waals surface area contributed by atoms with E-state index in [1.807, 2.05) is 68.5 Å². The Morgan fingerprint density at radius 3 is 2.61 bits per heavy atom. The normalized spacial score (nSPS) is 28.8. The quantitative estimate of drug-likeness (QED) is 0.195. The lowest BCUT2D eigenvalue weighted by Crippen LogP contribution is -2.45. The first-order chi connectivity index (χ1) is 26.0. The van der Waals surface area contributed by atoms with Gasteiger partial charge in [0.25, 0.3) is 0 Å². The molecule has 2 aromatic carbocycles. The van der Waals surface area contributed by atoms with E-state index < -0.39 is 29.4 Å². The maximum atomic E-state index is 14.7. The number of allylic oxidation sites excluding steroid dienone is 3. The predicted octanol–water partition coefficient (Wildman–Crippen LogP) is 8.33. The Kier molecular flexibility index (Phi) is 10.8. The van der Waals surface area contributed by atoms with E-state index in [2.05, 4.69) is 18.2 Å². The smallest absolute Gasteiger partial charge is 0.306 e. The minimum atomic E-state index is -0.783. The second kappa shape index (κ2) is 15.5. The molecule has 0 N–H and O–H groups in total. The number of hydrogen-bond acceptors (Lipinski definition) is 8. The average molecular weight is 733 g/mol. The van der Waals surface area contributed by atoms with Crippen molar-refractivity contribution >= 4 is 40.4 Å². The first-order valence-electron chi connectivity index (χ1n) is 19.5. The molecule has 1 saturated heterocycles. The van der Waals surface area contributed by atoms with Gasteiger partial charge in [0, 0.05) is 58.2 Å². The number of hydrogen-bond donors (Lipinski definition) is 0. The lowest BCUT2D eigenvalue weighted by molar-refractivity contribution is -0.152. The molecule has 1 amide bonds. The third-order valence-corrected chi connectivity index (χ3v) is 11.9. The molecule has 4 heterocycles. The number of ketones is 2. The molecule has 1 aliphatic carbocycles. The van der Waals surface area contributed by atoms with Crippen molar-refractivity contribution in [1.82, 2.24) is 9.88 Å². The summed E-state index contributed by atoms with van der Waals surface area (Å²) in [5.41, 5.74) is 2.08. The van der Waals surface area contributed by atoms with Crippen molar-refractivity contribution in [2.75, 3.05) is 20.3 Å². The van der Waals surface area contributed by atoms with Crippen LogP contribution in [0.1, 0.15) is 90.5 Å². The molecule has 284 valence electrons. The zero-order chi connectivity index (χ0) is 38.0. The van der Waals surface area contributed by atoms with E-state index in [4.69, 9.17) is 19.2 Å². The number of cyclic esters (lactones) is 1. The first-order valence-corrected chi connectivity index (χ1v) is 19.5. The largest absolute Gasteiger partial charge is 0.496 e. The summed E-state index contributed by atoms with van der Waals surface area (Å²) < 4.78 is 18.6. The van der Waals surface area contributed by atoms with Crippen LogP contribution in [0.4, 0.5) is 0 Å². The maximum absolute atomic E-state index is 14.7. The van der Waals surface area contributed by atoms with Crippen molar-refractivity contribution in [2.24, 2.45) is 22.7 Å². The Hall–Kier alpha value is -4.79. The summed E-state index contributed by atoms with van der Waals surface area (Å²) >= 11 is 0. The number of rotatable bonds is 3. The van der Waals surface area contributed by atoms with Crippen LogP contribution in [0.2, 0.25) is 0 Å². The number of pyridine rings is 1. The van der Waals surface area contributed by atoms with Crippen LogP contribution in [0.3, 0.4) is 0 Å². The first kappa shape index (κ1) is 37.5. The van der Waals surface area contributed by atoms with E-state index in [9.17, 15) is 19.2 Å². The molecule has 3 aromatic rings. The van der Waals surface area contributed by atoms with E-state index in [0.717, 1.165) is 47.9 Å². The Bertz CT molecular complexity index is 1980. The number of nitrogens with zero attached hydrogens (tertiary/aromatic N) is 2. The molecule has 1 aromatic heterocycles.